The summed E-state index contributed by atoms with van der Waals surface area (Å²) in [6.07, 6.45) is -0.753. The normalized spacial score (nSPS) is 11.6. The average molecular weight is 293 g/mol. The van der Waals surface area contributed by atoms with Crippen molar-refractivity contribution in [3.8, 4) is 0 Å². The summed E-state index contributed by atoms with van der Waals surface area (Å²) in [6.45, 7) is 8.95. The van der Waals surface area contributed by atoms with Crippen LogP contribution in [0.15, 0.2) is 18.2 Å². The van der Waals surface area contributed by atoms with Gasteiger partial charge in [-0.2, -0.15) is 0 Å². The number of aromatic nitrogens is 3. The molecule has 1 aromatic carbocycles. The lowest BCUT2D eigenvalue weighted by Crippen LogP contribution is -2.26. The molecule has 2 rings (SSSR count). The van der Waals surface area contributed by atoms with Crippen molar-refractivity contribution in [3.63, 3.8) is 0 Å². The predicted octanol–water partition coefficient (Wildman–Crippen LogP) is 2.64. The molecule has 0 aliphatic rings. The fourth-order valence-electron chi connectivity index (χ4n) is 1.67. The molecule has 0 unspecified atom stereocenters. The maximum absolute atomic E-state index is 11.6. The Hall–Kier alpha value is -1.89. The summed E-state index contributed by atoms with van der Waals surface area (Å²) in [5.41, 5.74) is 2.33. The Kier molecular flexibility index (Phi) is 4.08. The van der Waals surface area contributed by atoms with Crippen molar-refractivity contribution < 1.29 is 14.4 Å². The molecule has 6 nitrogen and oxygen atoms in total. The van der Waals surface area contributed by atoms with Crippen molar-refractivity contribution in [1.29, 1.82) is 0 Å². The van der Waals surface area contributed by atoms with Gasteiger partial charge in [-0.05, 0) is 29.8 Å². The zero-order chi connectivity index (χ0) is 14.8. The fourth-order valence-corrected chi connectivity index (χ4v) is 2.38. The number of nitrogens with zero attached hydrogens (tertiary/aromatic N) is 3. The van der Waals surface area contributed by atoms with Gasteiger partial charge in [0.2, 0.25) is 0 Å². The molecule has 0 aliphatic heterocycles. The van der Waals surface area contributed by atoms with Crippen LogP contribution in [0, 0.1) is 6.92 Å². The molecule has 0 aliphatic carbocycles. The van der Waals surface area contributed by atoms with E-state index in [-0.39, 0.29) is 0 Å². The predicted molar refractivity (Wildman–Crippen MR) is 78.3 cm³/mol. The van der Waals surface area contributed by atoms with Gasteiger partial charge >= 0.3 is 6.16 Å². The second-order valence-electron chi connectivity index (χ2n) is 5.91. The van der Waals surface area contributed by atoms with Gasteiger partial charge < -0.3 is 4.74 Å². The highest BCUT2D eigenvalue weighted by Gasteiger charge is 2.16. The van der Waals surface area contributed by atoms with Gasteiger partial charge in [0.1, 0.15) is 11.0 Å². The van der Waals surface area contributed by atoms with E-state index in [2.05, 4.69) is 30.0 Å². The number of hydrogen-bond donors (Lipinski definition) is 0. The summed E-state index contributed by atoms with van der Waals surface area (Å²) in [6, 6.07) is 6.47. The number of hydrogen-bond acceptors (Lipinski definition) is 5. The van der Waals surface area contributed by atoms with Crippen LogP contribution < -0.4 is 4.84 Å². The van der Waals surface area contributed by atoms with Crippen LogP contribution in [-0.4, -0.2) is 36.0 Å². The van der Waals surface area contributed by atoms with Crippen LogP contribution in [0.2, 0.25) is 25.7 Å². The molecule has 0 spiro atoms. The minimum atomic E-state index is -1.22. The summed E-state index contributed by atoms with van der Waals surface area (Å²) >= 11 is 0. The van der Waals surface area contributed by atoms with E-state index in [0.29, 0.717) is 17.6 Å². The Morgan fingerprint density at radius 1 is 1.35 bits per heavy atom. The molecule has 0 bridgehead atoms. The number of carbonyl (C=O) groups excluding carboxylic acids is 1. The molecule has 1 heterocycles. The molecule has 108 valence electrons. The number of rotatable bonds is 4. The van der Waals surface area contributed by atoms with Gasteiger partial charge in [0.15, 0.2) is 0 Å². The van der Waals surface area contributed by atoms with Gasteiger partial charge in [-0.25, -0.2) is 4.79 Å². The first kappa shape index (κ1) is 14.5. The largest absolute Gasteiger partial charge is 0.535 e. The summed E-state index contributed by atoms with van der Waals surface area (Å²) in [4.78, 5) is 17.7. The summed E-state index contributed by atoms with van der Waals surface area (Å²) in [5, 5.41) is 7.78. The molecule has 0 N–H and O–H groups in total. The van der Waals surface area contributed by atoms with E-state index in [1.54, 1.807) is 6.07 Å². The average Bonchev–Trinajstić information content (AvgIpc) is 2.72. The van der Waals surface area contributed by atoms with Crippen molar-refractivity contribution in [2.45, 2.75) is 32.6 Å². The van der Waals surface area contributed by atoms with E-state index in [1.165, 1.54) is 0 Å². The number of fused-ring (bicyclic) bond motifs is 1. The van der Waals surface area contributed by atoms with Crippen LogP contribution in [0.5, 0.6) is 0 Å². The minimum absolute atomic E-state index is 0.375. The minimum Gasteiger partial charge on any atom is -0.433 e. The van der Waals surface area contributed by atoms with Crippen molar-refractivity contribution in [3.05, 3.63) is 23.8 Å². The lowest BCUT2D eigenvalue weighted by Gasteiger charge is -2.14. The standard InChI is InChI=1S/C13H19N3O3Si/c1-10-6-5-7-11-12(10)14-15-16(11)19-13(17)18-8-9-20(2,3)4/h5-7H,8-9H2,1-4H3. The second-order valence-corrected chi connectivity index (χ2v) is 11.5. The lowest BCUT2D eigenvalue weighted by molar-refractivity contribution is 0.0426. The van der Waals surface area contributed by atoms with E-state index >= 15 is 0 Å². The monoisotopic (exact) mass is 293 g/mol. The van der Waals surface area contributed by atoms with E-state index < -0.39 is 14.2 Å². The van der Waals surface area contributed by atoms with E-state index in [4.69, 9.17) is 9.57 Å². The van der Waals surface area contributed by atoms with Crippen LogP contribution in [0.4, 0.5) is 4.79 Å². The third-order valence-electron chi connectivity index (χ3n) is 2.88. The highest BCUT2D eigenvalue weighted by Crippen LogP contribution is 2.14. The van der Waals surface area contributed by atoms with Gasteiger partial charge in [-0.15, -0.1) is 5.10 Å². The van der Waals surface area contributed by atoms with Crippen LogP contribution in [0.1, 0.15) is 5.56 Å². The molecule has 2 aromatic rings. The Morgan fingerprint density at radius 3 is 2.80 bits per heavy atom. The number of aryl methyl sites for hydroxylation is 1. The molecular weight excluding hydrogens is 274 g/mol. The van der Waals surface area contributed by atoms with Gasteiger partial charge in [0.05, 0.1) is 6.61 Å². The SMILES string of the molecule is Cc1cccc2c1nnn2OC(=O)OCC[Si](C)(C)C. The lowest BCUT2D eigenvalue weighted by atomic mass is 10.2. The van der Waals surface area contributed by atoms with Crippen molar-refractivity contribution in [2.75, 3.05) is 6.61 Å². The van der Waals surface area contributed by atoms with Gasteiger partial charge in [0.25, 0.3) is 0 Å². The third-order valence-corrected chi connectivity index (χ3v) is 4.59. The van der Waals surface area contributed by atoms with Crippen LogP contribution in [0.3, 0.4) is 0 Å². The highest BCUT2D eigenvalue weighted by molar-refractivity contribution is 6.76. The van der Waals surface area contributed by atoms with Crippen LogP contribution in [-0.2, 0) is 4.74 Å². The van der Waals surface area contributed by atoms with Crippen molar-refractivity contribution >= 4 is 25.3 Å². The summed E-state index contributed by atoms with van der Waals surface area (Å²) in [7, 11) is -1.22. The number of carbonyl (C=O) groups is 1. The summed E-state index contributed by atoms with van der Waals surface area (Å²) < 4.78 is 5.06. The smallest absolute Gasteiger partial charge is 0.433 e. The quantitative estimate of drug-likeness (QED) is 0.492. The van der Waals surface area contributed by atoms with Crippen LogP contribution >= 0.6 is 0 Å². The molecule has 1 aromatic heterocycles. The molecule has 0 amide bonds. The third kappa shape index (κ3) is 3.57. The zero-order valence-corrected chi connectivity index (χ0v) is 13.2. The van der Waals surface area contributed by atoms with Crippen molar-refractivity contribution in [2.24, 2.45) is 0 Å². The first-order chi connectivity index (χ1) is 9.37. The Morgan fingerprint density at radius 2 is 2.10 bits per heavy atom. The molecule has 0 saturated carbocycles. The highest BCUT2D eigenvalue weighted by atomic mass is 28.3. The van der Waals surface area contributed by atoms with E-state index in [0.717, 1.165) is 16.5 Å². The zero-order valence-electron chi connectivity index (χ0n) is 12.2. The molecule has 0 atom stereocenters. The van der Waals surface area contributed by atoms with E-state index in [9.17, 15) is 4.79 Å². The summed E-state index contributed by atoms with van der Waals surface area (Å²) in [5.74, 6) is 0. The van der Waals surface area contributed by atoms with Crippen LogP contribution in [0.25, 0.3) is 11.0 Å². The molecular formula is C13H19N3O3Si. The van der Waals surface area contributed by atoms with Crippen molar-refractivity contribution in [1.82, 2.24) is 15.2 Å². The fraction of sp³-hybridized carbons (Fsp3) is 0.462. The molecule has 20 heavy (non-hydrogen) atoms. The Bertz CT molecular complexity index is 619. The van der Waals surface area contributed by atoms with Gasteiger partial charge in [-0.3, -0.25) is 4.84 Å². The Labute approximate surface area is 118 Å². The van der Waals surface area contributed by atoms with Gasteiger partial charge in [0, 0.05) is 8.07 Å². The first-order valence-corrected chi connectivity index (χ1v) is 10.2. The number of ether oxygens (including phenoxy) is 1. The molecule has 0 saturated heterocycles. The van der Waals surface area contributed by atoms with Gasteiger partial charge in [-0.1, -0.05) is 36.6 Å². The maximum Gasteiger partial charge on any atom is 0.535 e. The molecule has 7 heteroatoms. The topological polar surface area (TPSA) is 66.2 Å². The first-order valence-electron chi connectivity index (χ1n) is 6.53. The Balaban J connectivity index is 1.98. The molecule has 0 fully saturated rings. The second kappa shape index (κ2) is 5.62. The molecule has 0 radical (unpaired) electrons. The van der Waals surface area contributed by atoms with E-state index in [1.807, 2.05) is 19.1 Å². The maximum atomic E-state index is 11.6. The number of benzene rings is 1.